The van der Waals surface area contributed by atoms with Crippen LogP contribution in [0.15, 0.2) is 53.6 Å². The smallest absolute Gasteiger partial charge is 0.238 e. The van der Waals surface area contributed by atoms with Crippen LogP contribution in [0.25, 0.3) is 10.9 Å². The van der Waals surface area contributed by atoms with Crippen molar-refractivity contribution >= 4 is 38.2 Å². The topological polar surface area (TPSA) is 122 Å². The fourth-order valence-electron chi connectivity index (χ4n) is 3.23. The third kappa shape index (κ3) is 4.38. The molecule has 0 saturated carbocycles. The molecule has 0 radical (unpaired) electrons. The van der Waals surface area contributed by atoms with Crippen molar-refractivity contribution < 1.29 is 8.42 Å². The first kappa shape index (κ1) is 18.6. The average molecular weight is 398 g/mol. The first-order chi connectivity index (χ1) is 13.5. The van der Waals surface area contributed by atoms with Gasteiger partial charge in [0.2, 0.25) is 16.0 Å². The number of fused-ring (bicyclic) bond motifs is 1. The minimum Gasteiger partial charge on any atom is -0.382 e. The number of rotatable bonds is 5. The Morgan fingerprint density at radius 1 is 1.04 bits per heavy atom. The Morgan fingerprint density at radius 3 is 2.46 bits per heavy atom. The van der Waals surface area contributed by atoms with Crippen molar-refractivity contribution in [3.63, 3.8) is 0 Å². The molecule has 1 aliphatic heterocycles. The second kappa shape index (κ2) is 7.70. The Balaban J connectivity index is 1.52. The number of piperidine rings is 1. The second-order valence-corrected chi connectivity index (χ2v) is 8.39. The molecule has 1 aromatic heterocycles. The number of nitrogens with zero attached hydrogens (tertiary/aromatic N) is 2. The van der Waals surface area contributed by atoms with E-state index in [0.717, 1.165) is 42.5 Å². The molecule has 2 heterocycles. The van der Waals surface area contributed by atoms with Gasteiger partial charge in [0, 0.05) is 29.0 Å². The highest BCUT2D eigenvalue weighted by molar-refractivity contribution is 7.89. The number of hydrogen-bond donors (Lipinski definition) is 4. The zero-order chi connectivity index (χ0) is 19.6. The maximum atomic E-state index is 11.3. The van der Waals surface area contributed by atoms with Crippen LogP contribution >= 0.6 is 0 Å². The molecule has 0 bridgehead atoms. The summed E-state index contributed by atoms with van der Waals surface area (Å²) in [7, 11) is -3.71. The van der Waals surface area contributed by atoms with Gasteiger partial charge < -0.3 is 16.0 Å². The van der Waals surface area contributed by atoms with Gasteiger partial charge in [0.25, 0.3) is 0 Å². The highest BCUT2D eigenvalue weighted by Crippen LogP contribution is 2.22. The number of nitrogens with one attached hydrogen (secondary N) is 3. The molecule has 4 rings (SSSR count). The lowest BCUT2D eigenvalue weighted by atomic mass is 10.1. The van der Waals surface area contributed by atoms with Crippen molar-refractivity contribution in [2.75, 3.05) is 23.7 Å². The molecule has 8 nitrogen and oxygen atoms in total. The van der Waals surface area contributed by atoms with Gasteiger partial charge in [-0.3, -0.25) is 0 Å². The van der Waals surface area contributed by atoms with Crippen LogP contribution in [-0.4, -0.2) is 37.5 Å². The van der Waals surface area contributed by atoms with E-state index < -0.39 is 10.0 Å². The molecule has 0 atom stereocenters. The Bertz CT molecular complexity index is 1080. The number of sulfonamides is 1. The van der Waals surface area contributed by atoms with Crippen LogP contribution in [0.4, 0.5) is 17.3 Å². The zero-order valence-corrected chi connectivity index (χ0v) is 16.0. The van der Waals surface area contributed by atoms with Crippen molar-refractivity contribution in [1.82, 2.24) is 15.3 Å². The summed E-state index contributed by atoms with van der Waals surface area (Å²) in [5.74, 6) is 0.440. The van der Waals surface area contributed by atoms with Crippen molar-refractivity contribution in [2.24, 2.45) is 5.14 Å². The van der Waals surface area contributed by atoms with Crippen LogP contribution in [-0.2, 0) is 10.0 Å². The maximum Gasteiger partial charge on any atom is 0.238 e. The highest BCUT2D eigenvalue weighted by atomic mass is 32.2. The standard InChI is InChI=1S/C19H22N6O2S/c20-28(26,27)17-5-3-14(4-6-17)24-19-22-12-13-1-2-16(11-18(13)25-19)23-15-7-9-21-10-8-15/h1-6,11-12,15,21,23H,7-10H2,(H2,20,26,27)(H,22,24,25). The third-order valence-corrected chi connectivity index (χ3v) is 5.66. The fourth-order valence-corrected chi connectivity index (χ4v) is 3.75. The molecule has 2 aromatic carbocycles. The van der Waals surface area contributed by atoms with Crippen LogP contribution in [0.2, 0.25) is 0 Å². The number of anilines is 3. The zero-order valence-electron chi connectivity index (χ0n) is 15.2. The van der Waals surface area contributed by atoms with E-state index >= 15 is 0 Å². The van der Waals surface area contributed by atoms with Crippen LogP contribution < -0.4 is 21.1 Å². The molecule has 1 aliphatic rings. The van der Waals surface area contributed by atoms with Gasteiger partial charge in [-0.1, -0.05) is 0 Å². The maximum absolute atomic E-state index is 11.3. The number of hydrogen-bond acceptors (Lipinski definition) is 7. The molecular formula is C19H22N6O2S. The van der Waals surface area contributed by atoms with E-state index in [1.807, 2.05) is 18.2 Å². The average Bonchev–Trinajstić information content (AvgIpc) is 2.68. The molecular weight excluding hydrogens is 376 g/mol. The van der Waals surface area contributed by atoms with Gasteiger partial charge in [0.15, 0.2) is 0 Å². The summed E-state index contributed by atoms with van der Waals surface area (Å²) in [6.45, 7) is 2.07. The summed E-state index contributed by atoms with van der Waals surface area (Å²) in [6, 6.07) is 12.7. The van der Waals surface area contributed by atoms with Gasteiger partial charge in [-0.15, -0.1) is 0 Å². The van der Waals surface area contributed by atoms with Crippen molar-refractivity contribution in [1.29, 1.82) is 0 Å². The minimum absolute atomic E-state index is 0.0612. The molecule has 1 fully saturated rings. The van der Waals surface area contributed by atoms with E-state index in [9.17, 15) is 8.42 Å². The lowest BCUT2D eigenvalue weighted by Gasteiger charge is -2.24. The van der Waals surface area contributed by atoms with E-state index in [1.54, 1.807) is 18.3 Å². The molecule has 146 valence electrons. The predicted octanol–water partition coefficient (Wildman–Crippen LogP) is 2.18. The summed E-state index contributed by atoms with van der Waals surface area (Å²) in [5.41, 5.74) is 2.55. The Morgan fingerprint density at radius 2 is 1.75 bits per heavy atom. The largest absolute Gasteiger partial charge is 0.382 e. The normalized spacial score (nSPS) is 15.5. The molecule has 0 aliphatic carbocycles. The highest BCUT2D eigenvalue weighted by Gasteiger charge is 2.13. The molecule has 3 aromatic rings. The predicted molar refractivity (Wildman–Crippen MR) is 110 cm³/mol. The first-order valence-electron chi connectivity index (χ1n) is 9.11. The van der Waals surface area contributed by atoms with Gasteiger partial charge >= 0.3 is 0 Å². The van der Waals surface area contributed by atoms with Gasteiger partial charge in [-0.25, -0.2) is 23.5 Å². The fraction of sp³-hybridized carbons (Fsp3) is 0.263. The Kier molecular flexibility index (Phi) is 5.12. The molecule has 9 heteroatoms. The first-order valence-corrected chi connectivity index (χ1v) is 10.7. The SMILES string of the molecule is NS(=O)(=O)c1ccc(Nc2ncc3ccc(NC4CCNCC4)cc3n2)cc1. The summed E-state index contributed by atoms with van der Waals surface area (Å²) < 4.78 is 22.7. The molecule has 0 amide bonds. The monoisotopic (exact) mass is 398 g/mol. The Hall–Kier alpha value is -2.75. The molecule has 1 saturated heterocycles. The van der Waals surface area contributed by atoms with Gasteiger partial charge in [0.05, 0.1) is 10.4 Å². The molecule has 0 spiro atoms. The van der Waals surface area contributed by atoms with Crippen molar-refractivity contribution in [3.05, 3.63) is 48.7 Å². The summed E-state index contributed by atoms with van der Waals surface area (Å²) in [4.78, 5) is 8.96. The van der Waals surface area contributed by atoms with Gasteiger partial charge in [0.1, 0.15) is 0 Å². The van der Waals surface area contributed by atoms with E-state index in [0.29, 0.717) is 17.7 Å². The Labute approximate surface area is 163 Å². The lowest BCUT2D eigenvalue weighted by molar-refractivity contribution is 0.479. The number of primary sulfonamides is 1. The van der Waals surface area contributed by atoms with Crippen molar-refractivity contribution in [3.8, 4) is 0 Å². The summed E-state index contributed by atoms with van der Waals surface area (Å²) in [5, 5.41) is 16.1. The van der Waals surface area contributed by atoms with Crippen LogP contribution in [0, 0.1) is 0 Å². The number of benzene rings is 2. The second-order valence-electron chi connectivity index (χ2n) is 6.83. The van der Waals surface area contributed by atoms with E-state index in [2.05, 4.69) is 25.9 Å². The van der Waals surface area contributed by atoms with E-state index in [-0.39, 0.29) is 4.90 Å². The number of nitrogens with two attached hydrogens (primary N) is 1. The van der Waals surface area contributed by atoms with Gasteiger partial charge in [-0.2, -0.15) is 0 Å². The van der Waals surface area contributed by atoms with E-state index in [4.69, 9.17) is 5.14 Å². The molecule has 28 heavy (non-hydrogen) atoms. The number of aromatic nitrogens is 2. The summed E-state index contributed by atoms with van der Waals surface area (Å²) in [6.07, 6.45) is 3.96. The van der Waals surface area contributed by atoms with E-state index in [1.165, 1.54) is 12.1 Å². The molecule has 5 N–H and O–H groups in total. The van der Waals surface area contributed by atoms with Crippen LogP contribution in [0.3, 0.4) is 0 Å². The van der Waals surface area contributed by atoms with Crippen molar-refractivity contribution in [2.45, 2.75) is 23.8 Å². The quantitative estimate of drug-likeness (QED) is 0.520. The summed E-state index contributed by atoms with van der Waals surface area (Å²) >= 11 is 0. The third-order valence-electron chi connectivity index (χ3n) is 4.73. The van der Waals surface area contributed by atoms with Crippen LogP contribution in [0.5, 0.6) is 0 Å². The minimum atomic E-state index is -3.71. The van der Waals surface area contributed by atoms with Gasteiger partial charge in [-0.05, 0) is 68.4 Å². The lowest BCUT2D eigenvalue weighted by Crippen LogP contribution is -2.35. The molecule has 0 unspecified atom stereocenters. The van der Waals surface area contributed by atoms with Crippen LogP contribution in [0.1, 0.15) is 12.8 Å².